The van der Waals surface area contributed by atoms with Gasteiger partial charge in [-0.15, -0.1) is 0 Å². The molecule has 1 atom stereocenters. The lowest BCUT2D eigenvalue weighted by atomic mass is 10.1. The number of benzene rings is 2. The van der Waals surface area contributed by atoms with E-state index in [1.807, 2.05) is 0 Å². The topological polar surface area (TPSA) is 46.5 Å². The molecule has 3 nitrogen and oxygen atoms in total. The third kappa shape index (κ3) is 4.27. The summed E-state index contributed by atoms with van der Waals surface area (Å²) in [6.07, 6.45) is -0.959. The molecular formula is C15H11Cl3O3. The highest BCUT2D eigenvalue weighted by atomic mass is 35.5. The van der Waals surface area contributed by atoms with Crippen LogP contribution in [-0.4, -0.2) is 17.2 Å². The van der Waals surface area contributed by atoms with E-state index in [-0.39, 0.29) is 6.42 Å². The number of ether oxygens (including phenoxy) is 1. The largest absolute Gasteiger partial charge is 0.478 e. The summed E-state index contributed by atoms with van der Waals surface area (Å²) in [6, 6.07) is 11.5. The van der Waals surface area contributed by atoms with Crippen LogP contribution in [0.3, 0.4) is 0 Å². The molecule has 0 radical (unpaired) electrons. The van der Waals surface area contributed by atoms with E-state index in [2.05, 4.69) is 0 Å². The Hall–Kier alpha value is -1.42. The molecule has 0 aliphatic heterocycles. The molecule has 0 saturated heterocycles. The van der Waals surface area contributed by atoms with Gasteiger partial charge in [-0.05, 0) is 35.9 Å². The quantitative estimate of drug-likeness (QED) is 0.852. The molecule has 0 heterocycles. The Morgan fingerprint density at radius 2 is 1.76 bits per heavy atom. The first-order valence-corrected chi connectivity index (χ1v) is 7.18. The van der Waals surface area contributed by atoms with Gasteiger partial charge in [0.1, 0.15) is 5.75 Å². The number of hydrogen-bond donors (Lipinski definition) is 1. The van der Waals surface area contributed by atoms with E-state index in [4.69, 9.17) is 39.5 Å². The lowest BCUT2D eigenvalue weighted by Crippen LogP contribution is -2.29. The standard InChI is InChI=1S/C15H11Cl3O3/c16-10-4-6-11(7-5-10)21-13(15(19)20)8-9-2-1-3-12(17)14(9)18/h1-7,13H,8H2,(H,19,20). The van der Waals surface area contributed by atoms with Crippen LogP contribution in [0.5, 0.6) is 5.75 Å². The van der Waals surface area contributed by atoms with E-state index in [9.17, 15) is 9.90 Å². The molecule has 1 unspecified atom stereocenters. The molecule has 2 aromatic rings. The van der Waals surface area contributed by atoms with Gasteiger partial charge in [0, 0.05) is 11.4 Å². The number of carboxylic acid groups (broad SMARTS) is 1. The molecule has 0 aliphatic rings. The van der Waals surface area contributed by atoms with Crippen LogP contribution in [0.1, 0.15) is 5.56 Å². The minimum atomic E-state index is -1.08. The molecule has 0 aliphatic carbocycles. The molecule has 6 heteroatoms. The van der Waals surface area contributed by atoms with Gasteiger partial charge in [0.05, 0.1) is 10.0 Å². The number of hydrogen-bond acceptors (Lipinski definition) is 2. The molecule has 0 spiro atoms. The zero-order valence-corrected chi connectivity index (χ0v) is 13.0. The summed E-state index contributed by atoms with van der Waals surface area (Å²) < 4.78 is 5.47. The van der Waals surface area contributed by atoms with Crippen molar-refractivity contribution in [2.24, 2.45) is 0 Å². The van der Waals surface area contributed by atoms with E-state index in [0.717, 1.165) is 0 Å². The van der Waals surface area contributed by atoms with Crippen LogP contribution in [0, 0.1) is 0 Å². The molecule has 0 fully saturated rings. The Labute approximate surface area is 137 Å². The summed E-state index contributed by atoms with van der Waals surface area (Å²) in [5.41, 5.74) is 0.616. The van der Waals surface area contributed by atoms with Crippen molar-refractivity contribution in [3.8, 4) is 5.75 Å². The average molecular weight is 346 g/mol. The third-order valence-corrected chi connectivity index (χ3v) is 3.91. The Balaban J connectivity index is 2.18. The van der Waals surface area contributed by atoms with Gasteiger partial charge >= 0.3 is 5.97 Å². The summed E-state index contributed by atoms with van der Waals surface area (Å²) >= 11 is 17.8. The molecule has 0 aromatic heterocycles. The van der Waals surface area contributed by atoms with Crippen molar-refractivity contribution in [3.05, 3.63) is 63.1 Å². The molecule has 21 heavy (non-hydrogen) atoms. The lowest BCUT2D eigenvalue weighted by molar-refractivity contribution is -0.145. The molecule has 110 valence electrons. The molecule has 0 bridgehead atoms. The summed E-state index contributed by atoms with van der Waals surface area (Å²) in [5, 5.41) is 10.5. The number of carboxylic acids is 1. The minimum absolute atomic E-state index is 0.108. The van der Waals surface area contributed by atoms with Crippen LogP contribution in [0.25, 0.3) is 0 Å². The highest BCUT2D eigenvalue weighted by Crippen LogP contribution is 2.27. The van der Waals surface area contributed by atoms with Crippen molar-refractivity contribution in [1.82, 2.24) is 0 Å². The zero-order valence-electron chi connectivity index (χ0n) is 10.7. The van der Waals surface area contributed by atoms with Crippen molar-refractivity contribution in [1.29, 1.82) is 0 Å². The molecule has 0 amide bonds. The van der Waals surface area contributed by atoms with Gasteiger partial charge in [-0.3, -0.25) is 0 Å². The first-order chi connectivity index (χ1) is 9.97. The molecule has 2 aromatic carbocycles. The fraction of sp³-hybridized carbons (Fsp3) is 0.133. The maximum Gasteiger partial charge on any atom is 0.345 e. The highest BCUT2D eigenvalue weighted by molar-refractivity contribution is 6.42. The van der Waals surface area contributed by atoms with E-state index >= 15 is 0 Å². The maximum atomic E-state index is 11.3. The SMILES string of the molecule is O=C(O)C(Cc1cccc(Cl)c1Cl)Oc1ccc(Cl)cc1. The van der Waals surface area contributed by atoms with Gasteiger partial charge in [-0.1, -0.05) is 46.9 Å². The van der Waals surface area contributed by atoms with Gasteiger partial charge in [0.2, 0.25) is 0 Å². The zero-order chi connectivity index (χ0) is 15.4. The number of rotatable bonds is 5. The van der Waals surface area contributed by atoms with Crippen LogP contribution in [0.15, 0.2) is 42.5 Å². The van der Waals surface area contributed by atoms with E-state index < -0.39 is 12.1 Å². The predicted octanol–water partition coefficient (Wildman–Crippen LogP) is 4.72. The third-order valence-electron chi connectivity index (χ3n) is 2.80. The number of aliphatic carboxylic acids is 1. The molecular weight excluding hydrogens is 335 g/mol. The van der Waals surface area contributed by atoms with Crippen molar-refractivity contribution in [2.75, 3.05) is 0 Å². The Bertz CT molecular complexity index is 641. The smallest absolute Gasteiger partial charge is 0.345 e. The van der Waals surface area contributed by atoms with Gasteiger partial charge in [0.25, 0.3) is 0 Å². The van der Waals surface area contributed by atoms with E-state index in [1.165, 1.54) is 0 Å². The summed E-state index contributed by atoms with van der Waals surface area (Å²) in [7, 11) is 0. The summed E-state index contributed by atoms with van der Waals surface area (Å²) in [6.45, 7) is 0. The predicted molar refractivity (Wildman–Crippen MR) is 83.7 cm³/mol. The number of carbonyl (C=O) groups is 1. The monoisotopic (exact) mass is 344 g/mol. The first-order valence-electron chi connectivity index (χ1n) is 6.05. The normalized spacial score (nSPS) is 12.0. The maximum absolute atomic E-state index is 11.3. The Kier molecular flexibility index (Phi) is 5.34. The number of halogens is 3. The van der Waals surface area contributed by atoms with Crippen LogP contribution < -0.4 is 4.74 Å². The van der Waals surface area contributed by atoms with E-state index in [1.54, 1.807) is 42.5 Å². The van der Waals surface area contributed by atoms with Gasteiger partial charge in [0.15, 0.2) is 6.10 Å². The fourth-order valence-electron chi connectivity index (χ4n) is 1.76. The van der Waals surface area contributed by atoms with Crippen molar-refractivity contribution in [3.63, 3.8) is 0 Å². The van der Waals surface area contributed by atoms with Crippen molar-refractivity contribution >= 4 is 40.8 Å². The second-order valence-electron chi connectivity index (χ2n) is 4.32. The Morgan fingerprint density at radius 3 is 2.38 bits per heavy atom. The first kappa shape index (κ1) is 16.0. The minimum Gasteiger partial charge on any atom is -0.478 e. The van der Waals surface area contributed by atoms with Crippen LogP contribution in [0.4, 0.5) is 0 Å². The van der Waals surface area contributed by atoms with Crippen LogP contribution in [0.2, 0.25) is 15.1 Å². The van der Waals surface area contributed by atoms with Crippen LogP contribution in [-0.2, 0) is 11.2 Å². The summed E-state index contributed by atoms with van der Waals surface area (Å²) in [4.78, 5) is 11.3. The van der Waals surface area contributed by atoms with Crippen molar-refractivity contribution < 1.29 is 14.6 Å². The van der Waals surface area contributed by atoms with E-state index in [0.29, 0.717) is 26.4 Å². The Morgan fingerprint density at radius 1 is 1.10 bits per heavy atom. The fourth-order valence-corrected chi connectivity index (χ4v) is 2.29. The molecule has 2 rings (SSSR count). The lowest BCUT2D eigenvalue weighted by Gasteiger charge is -2.16. The van der Waals surface area contributed by atoms with Crippen molar-refractivity contribution in [2.45, 2.75) is 12.5 Å². The second-order valence-corrected chi connectivity index (χ2v) is 5.54. The van der Waals surface area contributed by atoms with Gasteiger partial charge < -0.3 is 9.84 Å². The average Bonchev–Trinajstić information content (AvgIpc) is 2.45. The second kappa shape index (κ2) is 7.03. The molecule has 1 N–H and O–H groups in total. The molecule has 0 saturated carbocycles. The van der Waals surface area contributed by atoms with Crippen LogP contribution >= 0.6 is 34.8 Å². The van der Waals surface area contributed by atoms with Gasteiger partial charge in [-0.2, -0.15) is 0 Å². The summed E-state index contributed by atoms with van der Waals surface area (Å²) in [5.74, 6) is -0.661. The van der Waals surface area contributed by atoms with Gasteiger partial charge in [-0.25, -0.2) is 4.79 Å². The highest BCUT2D eigenvalue weighted by Gasteiger charge is 2.22.